The molecular weight excluding hydrogens is 327 g/mol. The lowest BCUT2D eigenvalue weighted by Gasteiger charge is -2.23. The minimum atomic E-state index is -0.401. The highest BCUT2D eigenvalue weighted by molar-refractivity contribution is 6.35. The Labute approximate surface area is 139 Å². The van der Waals surface area contributed by atoms with Gasteiger partial charge in [0, 0.05) is 25.1 Å². The van der Waals surface area contributed by atoms with Gasteiger partial charge in [0.1, 0.15) is 0 Å². The lowest BCUT2D eigenvalue weighted by Crippen LogP contribution is -2.38. The van der Waals surface area contributed by atoms with Gasteiger partial charge in [-0.2, -0.15) is 0 Å². The normalized spacial score (nSPS) is 19.4. The number of likely N-dealkylation sites (tertiary alicyclic amines) is 1. The summed E-state index contributed by atoms with van der Waals surface area (Å²) < 4.78 is 5.06. The third-order valence-corrected chi connectivity index (χ3v) is 4.22. The monoisotopic (exact) mass is 344 g/mol. The largest absolute Gasteiger partial charge is 0.383 e. The van der Waals surface area contributed by atoms with Crippen molar-refractivity contribution >= 4 is 40.7 Å². The summed E-state index contributed by atoms with van der Waals surface area (Å²) in [5, 5.41) is 3.63. The standard InChI is InChI=1S/C15H18Cl2N2O3/c1-9(8-22-2)19-7-10(5-14(19)20)15(21)18-13-6-11(16)3-4-12(13)17/h3-4,6,9-10H,5,7-8H2,1-2H3,(H,18,21)/t9-,10+/m0/s1. The Morgan fingerprint density at radius 2 is 2.23 bits per heavy atom. The van der Waals surface area contributed by atoms with Crippen LogP contribution in [0.4, 0.5) is 5.69 Å². The Morgan fingerprint density at radius 1 is 1.50 bits per heavy atom. The number of benzene rings is 1. The molecule has 0 unspecified atom stereocenters. The van der Waals surface area contributed by atoms with Gasteiger partial charge in [-0.25, -0.2) is 0 Å². The highest BCUT2D eigenvalue weighted by atomic mass is 35.5. The van der Waals surface area contributed by atoms with Crippen LogP contribution in [0, 0.1) is 5.92 Å². The third-order valence-electron chi connectivity index (χ3n) is 3.66. The molecule has 1 aliphatic rings. The van der Waals surface area contributed by atoms with Crippen LogP contribution in [-0.4, -0.2) is 43.0 Å². The number of hydrogen-bond donors (Lipinski definition) is 1. The fourth-order valence-corrected chi connectivity index (χ4v) is 2.83. The topological polar surface area (TPSA) is 58.6 Å². The minimum Gasteiger partial charge on any atom is -0.383 e. The van der Waals surface area contributed by atoms with Gasteiger partial charge in [0.15, 0.2) is 0 Å². The molecule has 2 atom stereocenters. The summed E-state index contributed by atoms with van der Waals surface area (Å²) >= 11 is 11.9. The molecule has 2 rings (SSSR count). The van der Waals surface area contributed by atoms with Crippen LogP contribution in [0.25, 0.3) is 0 Å². The molecule has 1 fully saturated rings. The SMILES string of the molecule is COC[C@H](C)N1C[C@H](C(=O)Nc2cc(Cl)ccc2Cl)CC1=O. The highest BCUT2D eigenvalue weighted by Gasteiger charge is 2.36. The Bertz CT molecular complexity index is 580. The molecule has 22 heavy (non-hydrogen) atoms. The first-order valence-corrected chi connectivity index (χ1v) is 7.72. The zero-order valence-electron chi connectivity index (χ0n) is 12.4. The van der Waals surface area contributed by atoms with E-state index in [1.807, 2.05) is 6.92 Å². The average molecular weight is 345 g/mol. The molecule has 1 aromatic carbocycles. The summed E-state index contributed by atoms with van der Waals surface area (Å²) in [6, 6.07) is 4.80. The molecule has 1 saturated heterocycles. The van der Waals surface area contributed by atoms with Crippen LogP contribution in [0.1, 0.15) is 13.3 Å². The van der Waals surface area contributed by atoms with Crippen molar-refractivity contribution in [3.05, 3.63) is 28.2 Å². The van der Waals surface area contributed by atoms with Gasteiger partial charge in [-0.15, -0.1) is 0 Å². The van der Waals surface area contributed by atoms with Gasteiger partial charge in [0.05, 0.1) is 29.3 Å². The number of hydrogen-bond acceptors (Lipinski definition) is 3. The van der Waals surface area contributed by atoms with Crippen LogP contribution in [0.15, 0.2) is 18.2 Å². The summed E-state index contributed by atoms with van der Waals surface area (Å²) in [5.74, 6) is -0.673. The van der Waals surface area contributed by atoms with E-state index < -0.39 is 5.92 Å². The predicted molar refractivity (Wildman–Crippen MR) is 86.2 cm³/mol. The van der Waals surface area contributed by atoms with Crippen molar-refractivity contribution in [1.82, 2.24) is 4.90 Å². The maximum Gasteiger partial charge on any atom is 0.229 e. The molecule has 0 aromatic heterocycles. The van der Waals surface area contributed by atoms with Crippen LogP contribution in [0.2, 0.25) is 10.0 Å². The lowest BCUT2D eigenvalue weighted by molar-refractivity contribution is -0.130. The van der Waals surface area contributed by atoms with Gasteiger partial charge in [-0.1, -0.05) is 23.2 Å². The van der Waals surface area contributed by atoms with Crippen molar-refractivity contribution in [2.75, 3.05) is 25.6 Å². The molecule has 0 spiro atoms. The third kappa shape index (κ3) is 3.91. The van der Waals surface area contributed by atoms with Crippen LogP contribution < -0.4 is 5.32 Å². The van der Waals surface area contributed by atoms with Crippen molar-refractivity contribution in [3.63, 3.8) is 0 Å². The molecule has 0 radical (unpaired) electrons. The summed E-state index contributed by atoms with van der Waals surface area (Å²) in [4.78, 5) is 26.0. The molecule has 0 bridgehead atoms. The first-order chi connectivity index (χ1) is 10.4. The summed E-state index contributed by atoms with van der Waals surface area (Å²) in [6.45, 7) is 2.73. The number of amides is 2. The molecule has 1 N–H and O–H groups in total. The summed E-state index contributed by atoms with van der Waals surface area (Å²) in [5.41, 5.74) is 0.454. The second-order valence-electron chi connectivity index (χ2n) is 5.36. The number of ether oxygens (including phenoxy) is 1. The lowest BCUT2D eigenvalue weighted by atomic mass is 10.1. The fraction of sp³-hybridized carbons (Fsp3) is 0.467. The molecule has 0 saturated carbocycles. The Hall–Kier alpha value is -1.30. The number of carbonyl (C=O) groups is 2. The van der Waals surface area contributed by atoms with E-state index in [-0.39, 0.29) is 24.3 Å². The second-order valence-corrected chi connectivity index (χ2v) is 6.21. The molecule has 2 amide bonds. The Morgan fingerprint density at radius 3 is 2.91 bits per heavy atom. The quantitative estimate of drug-likeness (QED) is 0.893. The van der Waals surface area contributed by atoms with Gasteiger partial charge in [-0.05, 0) is 25.1 Å². The Kier molecular flexibility index (Phi) is 5.67. The van der Waals surface area contributed by atoms with Crippen molar-refractivity contribution in [1.29, 1.82) is 0 Å². The van der Waals surface area contributed by atoms with Gasteiger partial charge < -0.3 is 15.0 Å². The molecule has 7 heteroatoms. The predicted octanol–water partition coefficient (Wildman–Crippen LogP) is 2.82. The van der Waals surface area contributed by atoms with Gasteiger partial charge in [0.25, 0.3) is 0 Å². The molecular formula is C15H18Cl2N2O3. The van der Waals surface area contributed by atoms with Crippen LogP contribution in [0.5, 0.6) is 0 Å². The molecule has 1 aromatic rings. The Balaban J connectivity index is 2.02. The number of anilines is 1. The second kappa shape index (κ2) is 7.31. The van der Waals surface area contributed by atoms with E-state index in [1.165, 1.54) is 0 Å². The number of nitrogens with one attached hydrogen (secondary N) is 1. The van der Waals surface area contributed by atoms with Crippen molar-refractivity contribution < 1.29 is 14.3 Å². The molecule has 1 heterocycles. The van der Waals surface area contributed by atoms with Gasteiger partial charge in [0.2, 0.25) is 11.8 Å². The number of carbonyl (C=O) groups excluding carboxylic acids is 2. The molecule has 5 nitrogen and oxygen atoms in total. The van der Waals surface area contributed by atoms with Crippen LogP contribution >= 0.6 is 23.2 Å². The highest BCUT2D eigenvalue weighted by Crippen LogP contribution is 2.27. The maximum absolute atomic E-state index is 12.3. The van der Waals surface area contributed by atoms with Crippen molar-refractivity contribution in [2.24, 2.45) is 5.92 Å². The average Bonchev–Trinajstić information content (AvgIpc) is 2.85. The van der Waals surface area contributed by atoms with E-state index in [1.54, 1.807) is 30.2 Å². The minimum absolute atomic E-state index is 0.0399. The fourth-order valence-electron chi connectivity index (χ4n) is 2.49. The number of halogens is 2. The van der Waals surface area contributed by atoms with E-state index in [2.05, 4.69) is 5.32 Å². The first-order valence-electron chi connectivity index (χ1n) is 6.96. The van der Waals surface area contributed by atoms with E-state index in [4.69, 9.17) is 27.9 Å². The zero-order valence-corrected chi connectivity index (χ0v) is 13.9. The van der Waals surface area contributed by atoms with Crippen LogP contribution in [-0.2, 0) is 14.3 Å². The van der Waals surface area contributed by atoms with Gasteiger partial charge >= 0.3 is 0 Å². The van der Waals surface area contributed by atoms with E-state index in [0.29, 0.717) is 28.9 Å². The number of methoxy groups -OCH3 is 1. The number of rotatable bonds is 5. The van der Waals surface area contributed by atoms with E-state index in [9.17, 15) is 9.59 Å². The van der Waals surface area contributed by atoms with Crippen molar-refractivity contribution in [2.45, 2.75) is 19.4 Å². The van der Waals surface area contributed by atoms with E-state index in [0.717, 1.165) is 0 Å². The zero-order chi connectivity index (χ0) is 16.3. The van der Waals surface area contributed by atoms with Crippen LogP contribution in [0.3, 0.4) is 0 Å². The number of nitrogens with zero attached hydrogens (tertiary/aromatic N) is 1. The first kappa shape index (κ1) is 17.1. The molecule has 0 aliphatic carbocycles. The summed E-state index contributed by atoms with van der Waals surface area (Å²) in [7, 11) is 1.59. The van der Waals surface area contributed by atoms with E-state index >= 15 is 0 Å². The van der Waals surface area contributed by atoms with Gasteiger partial charge in [-0.3, -0.25) is 9.59 Å². The molecule has 120 valence electrons. The maximum atomic E-state index is 12.3. The van der Waals surface area contributed by atoms with Crippen molar-refractivity contribution in [3.8, 4) is 0 Å². The smallest absolute Gasteiger partial charge is 0.229 e. The summed E-state index contributed by atoms with van der Waals surface area (Å²) in [6.07, 6.45) is 0.193. The molecule has 1 aliphatic heterocycles.